The predicted octanol–water partition coefficient (Wildman–Crippen LogP) is 4.66. The van der Waals surface area contributed by atoms with Crippen LogP contribution in [0.25, 0.3) is 0 Å². The standard InChI is InChI=1S/C21H31BrFNO5Si/c1-12-17-16(11-27-30(6,7)21(2,3)4)29-24(18(17)20(25)28-12)10-13-15(23)9-8-14(22)19(13)26-5/h8-9,12,16-18H,10-11H2,1-7H3/t12-,16-,17+,18-/m0/s1. The number of rotatable bonds is 6. The summed E-state index contributed by atoms with van der Waals surface area (Å²) in [5.41, 5.74) is 0.323. The molecule has 0 aromatic heterocycles. The van der Waals surface area contributed by atoms with Gasteiger partial charge in [0.15, 0.2) is 8.32 Å². The summed E-state index contributed by atoms with van der Waals surface area (Å²) in [7, 11) is -0.509. The minimum Gasteiger partial charge on any atom is -0.495 e. The topological polar surface area (TPSA) is 57.2 Å². The second kappa shape index (κ2) is 8.50. The number of halogens is 2. The van der Waals surface area contributed by atoms with Crippen LogP contribution in [0.2, 0.25) is 18.1 Å². The Morgan fingerprint density at radius 3 is 2.57 bits per heavy atom. The Labute approximate surface area is 187 Å². The number of hydroxylamine groups is 2. The molecule has 0 aliphatic carbocycles. The molecular weight excluding hydrogens is 473 g/mol. The van der Waals surface area contributed by atoms with Crippen LogP contribution in [0.1, 0.15) is 33.3 Å². The average Bonchev–Trinajstić information content (AvgIpc) is 3.14. The maximum absolute atomic E-state index is 14.6. The first kappa shape index (κ1) is 23.7. The molecule has 0 radical (unpaired) electrons. The first-order valence-corrected chi connectivity index (χ1v) is 13.9. The summed E-state index contributed by atoms with van der Waals surface area (Å²) in [5, 5.41) is 1.59. The molecular formula is C21H31BrFNO5Si. The minimum absolute atomic E-state index is 0.0606. The fourth-order valence-corrected chi connectivity index (χ4v) is 5.30. The molecule has 2 aliphatic rings. The molecule has 3 rings (SSSR count). The van der Waals surface area contributed by atoms with Crippen LogP contribution in [0, 0.1) is 11.7 Å². The number of hydrogen-bond acceptors (Lipinski definition) is 6. The molecule has 0 spiro atoms. The Balaban J connectivity index is 1.84. The lowest BCUT2D eigenvalue weighted by molar-refractivity contribution is -0.195. The number of benzene rings is 1. The number of esters is 1. The quantitative estimate of drug-likeness (QED) is 0.415. The molecule has 0 N–H and O–H groups in total. The number of cyclic esters (lactones) is 1. The first-order valence-electron chi connectivity index (χ1n) is 10.2. The van der Waals surface area contributed by atoms with Crippen molar-refractivity contribution in [2.75, 3.05) is 13.7 Å². The third kappa shape index (κ3) is 4.32. The molecule has 30 heavy (non-hydrogen) atoms. The van der Waals surface area contributed by atoms with Gasteiger partial charge in [0.25, 0.3) is 0 Å². The highest BCUT2D eigenvalue weighted by atomic mass is 79.9. The van der Waals surface area contributed by atoms with E-state index >= 15 is 0 Å². The van der Waals surface area contributed by atoms with E-state index in [0.717, 1.165) is 0 Å². The van der Waals surface area contributed by atoms with Gasteiger partial charge >= 0.3 is 5.97 Å². The summed E-state index contributed by atoms with van der Waals surface area (Å²) in [4.78, 5) is 18.7. The van der Waals surface area contributed by atoms with Crippen LogP contribution in [0.4, 0.5) is 4.39 Å². The lowest BCUT2D eigenvalue weighted by atomic mass is 9.93. The van der Waals surface area contributed by atoms with Crippen molar-refractivity contribution < 1.29 is 27.9 Å². The largest absolute Gasteiger partial charge is 0.495 e. The van der Waals surface area contributed by atoms with Crippen LogP contribution in [-0.2, 0) is 25.3 Å². The van der Waals surface area contributed by atoms with Gasteiger partial charge in [-0.15, -0.1) is 0 Å². The second-order valence-corrected chi connectivity index (χ2v) is 15.2. The van der Waals surface area contributed by atoms with Gasteiger partial charge in [0.05, 0.1) is 30.7 Å². The van der Waals surface area contributed by atoms with Gasteiger partial charge in [-0.2, -0.15) is 5.06 Å². The second-order valence-electron chi connectivity index (χ2n) is 9.50. The number of carbonyl (C=O) groups excluding carboxylic acids is 1. The summed E-state index contributed by atoms with van der Waals surface area (Å²) in [5.74, 6) is -0.564. The molecule has 2 aliphatic heterocycles. The zero-order valence-electron chi connectivity index (χ0n) is 18.6. The maximum Gasteiger partial charge on any atom is 0.326 e. The molecule has 6 nitrogen and oxygen atoms in total. The van der Waals surface area contributed by atoms with Crippen molar-refractivity contribution in [3.05, 3.63) is 28.0 Å². The molecule has 1 aromatic rings. The zero-order chi connectivity index (χ0) is 22.4. The maximum atomic E-state index is 14.6. The third-order valence-electron chi connectivity index (χ3n) is 6.55. The van der Waals surface area contributed by atoms with E-state index in [0.29, 0.717) is 22.4 Å². The Morgan fingerprint density at radius 2 is 1.97 bits per heavy atom. The molecule has 0 unspecified atom stereocenters. The number of carbonyl (C=O) groups is 1. The van der Waals surface area contributed by atoms with Crippen molar-refractivity contribution >= 4 is 30.2 Å². The fraction of sp³-hybridized carbons (Fsp3) is 0.667. The van der Waals surface area contributed by atoms with Crippen LogP contribution in [0.3, 0.4) is 0 Å². The third-order valence-corrected chi connectivity index (χ3v) is 11.7. The van der Waals surface area contributed by atoms with Crippen molar-refractivity contribution in [2.45, 2.75) is 70.6 Å². The minimum atomic E-state index is -1.99. The summed E-state index contributed by atoms with van der Waals surface area (Å²) in [6.07, 6.45) is -0.637. The van der Waals surface area contributed by atoms with Gasteiger partial charge in [-0.1, -0.05) is 20.8 Å². The molecule has 0 bridgehead atoms. The smallest absolute Gasteiger partial charge is 0.326 e. The van der Waals surface area contributed by atoms with Crippen molar-refractivity contribution in [1.82, 2.24) is 5.06 Å². The molecule has 0 saturated carbocycles. The number of fused-ring (bicyclic) bond motifs is 1. The summed E-state index contributed by atoms with van der Waals surface area (Å²) in [6, 6.07) is 2.35. The van der Waals surface area contributed by atoms with E-state index in [1.54, 1.807) is 6.07 Å². The van der Waals surface area contributed by atoms with Crippen molar-refractivity contribution in [3.8, 4) is 5.75 Å². The Kier molecular flexibility index (Phi) is 6.70. The van der Waals surface area contributed by atoms with E-state index in [9.17, 15) is 9.18 Å². The average molecular weight is 504 g/mol. The van der Waals surface area contributed by atoms with Crippen LogP contribution < -0.4 is 4.74 Å². The van der Waals surface area contributed by atoms with Gasteiger partial charge in [-0.05, 0) is 53.1 Å². The molecule has 2 fully saturated rings. The molecule has 2 saturated heterocycles. The van der Waals surface area contributed by atoms with E-state index < -0.39 is 20.2 Å². The van der Waals surface area contributed by atoms with Gasteiger partial charge in [0.1, 0.15) is 29.8 Å². The molecule has 1 aromatic carbocycles. The molecule has 4 atom stereocenters. The van der Waals surface area contributed by atoms with Gasteiger partial charge in [0, 0.05) is 5.56 Å². The summed E-state index contributed by atoms with van der Waals surface area (Å²) >= 11 is 3.39. The Bertz CT molecular complexity index is 815. The Hall–Kier alpha value is -1.00. The lowest BCUT2D eigenvalue weighted by Gasteiger charge is -2.37. The van der Waals surface area contributed by atoms with E-state index in [1.165, 1.54) is 18.2 Å². The van der Waals surface area contributed by atoms with Crippen molar-refractivity contribution in [3.63, 3.8) is 0 Å². The van der Waals surface area contributed by atoms with E-state index in [2.05, 4.69) is 49.8 Å². The van der Waals surface area contributed by atoms with E-state index in [-0.39, 0.29) is 35.7 Å². The Morgan fingerprint density at radius 1 is 1.30 bits per heavy atom. The van der Waals surface area contributed by atoms with Crippen molar-refractivity contribution in [1.29, 1.82) is 0 Å². The highest BCUT2D eigenvalue weighted by Crippen LogP contribution is 2.42. The highest BCUT2D eigenvalue weighted by molar-refractivity contribution is 9.10. The van der Waals surface area contributed by atoms with Crippen LogP contribution in [-0.4, -0.2) is 51.3 Å². The highest BCUT2D eigenvalue weighted by Gasteiger charge is 2.57. The van der Waals surface area contributed by atoms with Crippen LogP contribution in [0.5, 0.6) is 5.75 Å². The first-order chi connectivity index (χ1) is 13.9. The van der Waals surface area contributed by atoms with Gasteiger partial charge in [0.2, 0.25) is 0 Å². The molecule has 0 amide bonds. The van der Waals surface area contributed by atoms with Crippen LogP contribution >= 0.6 is 15.9 Å². The lowest BCUT2D eigenvalue weighted by Crippen LogP contribution is -2.44. The number of nitrogens with zero attached hydrogens (tertiary/aromatic N) is 1. The van der Waals surface area contributed by atoms with Gasteiger partial charge < -0.3 is 13.9 Å². The normalized spacial score (nSPS) is 27.3. The molecule has 2 heterocycles. The number of hydrogen-bond donors (Lipinski definition) is 0. The van der Waals surface area contributed by atoms with Crippen molar-refractivity contribution in [2.24, 2.45) is 5.92 Å². The number of methoxy groups -OCH3 is 1. The fourth-order valence-electron chi connectivity index (χ4n) is 3.75. The van der Waals surface area contributed by atoms with E-state index in [1.807, 2.05) is 6.92 Å². The molecule has 9 heteroatoms. The monoisotopic (exact) mass is 503 g/mol. The SMILES string of the molecule is COc1c(Br)ccc(F)c1CN1O[C@@H](CO[Si](C)(C)C(C)(C)C)[C@H]2[C@H](C)OC(=O)[C@H]21. The number of ether oxygens (including phenoxy) is 2. The summed E-state index contributed by atoms with van der Waals surface area (Å²) in [6.45, 7) is 13.2. The molecule has 168 valence electrons. The van der Waals surface area contributed by atoms with Gasteiger partial charge in [-0.3, -0.25) is 9.63 Å². The van der Waals surface area contributed by atoms with Gasteiger partial charge in [-0.25, -0.2) is 4.39 Å². The predicted molar refractivity (Wildman–Crippen MR) is 117 cm³/mol. The van der Waals surface area contributed by atoms with E-state index in [4.69, 9.17) is 18.7 Å². The summed E-state index contributed by atoms with van der Waals surface area (Å²) < 4.78 is 32.5. The van der Waals surface area contributed by atoms with Crippen LogP contribution in [0.15, 0.2) is 16.6 Å². The zero-order valence-corrected chi connectivity index (χ0v) is 21.2.